The molecular formula is C16H23NO5S. The molecule has 0 saturated carbocycles. The van der Waals surface area contributed by atoms with Crippen molar-refractivity contribution < 1.29 is 22.7 Å². The van der Waals surface area contributed by atoms with E-state index in [2.05, 4.69) is 4.72 Å². The quantitative estimate of drug-likeness (QED) is 0.723. The first-order valence-corrected chi connectivity index (χ1v) is 9.30. The summed E-state index contributed by atoms with van der Waals surface area (Å²) in [5.41, 5.74) is 2.23. The number of ether oxygens (including phenoxy) is 2. The van der Waals surface area contributed by atoms with Crippen molar-refractivity contribution in [1.82, 2.24) is 4.72 Å². The SMILES string of the molecule is CCOCCO[C@@H](C)C(=O)NS(=O)(=O)c1ccc2c(c1)CCC2. The molecule has 1 atom stereocenters. The van der Waals surface area contributed by atoms with E-state index in [9.17, 15) is 13.2 Å². The maximum atomic E-state index is 12.3. The number of rotatable bonds is 8. The second-order valence-electron chi connectivity index (χ2n) is 5.46. The van der Waals surface area contributed by atoms with Crippen LogP contribution in [0.2, 0.25) is 0 Å². The van der Waals surface area contributed by atoms with Crippen molar-refractivity contribution in [2.45, 2.75) is 44.1 Å². The Balaban J connectivity index is 1.96. The first-order valence-electron chi connectivity index (χ1n) is 7.82. The van der Waals surface area contributed by atoms with Crippen LogP contribution in [0.1, 0.15) is 31.4 Å². The molecule has 23 heavy (non-hydrogen) atoms. The molecule has 0 unspecified atom stereocenters. The van der Waals surface area contributed by atoms with Gasteiger partial charge in [0.1, 0.15) is 6.10 Å². The van der Waals surface area contributed by atoms with Crippen LogP contribution in [0.4, 0.5) is 0 Å². The third-order valence-electron chi connectivity index (χ3n) is 3.78. The normalized spacial score (nSPS) is 15.2. The Labute approximate surface area is 137 Å². The summed E-state index contributed by atoms with van der Waals surface area (Å²) in [6, 6.07) is 5.02. The highest BCUT2D eigenvalue weighted by Crippen LogP contribution is 2.24. The number of benzene rings is 1. The van der Waals surface area contributed by atoms with Crippen molar-refractivity contribution in [1.29, 1.82) is 0 Å². The summed E-state index contributed by atoms with van der Waals surface area (Å²) < 4.78 is 37.1. The summed E-state index contributed by atoms with van der Waals surface area (Å²) in [6.07, 6.45) is 2.03. The predicted molar refractivity (Wildman–Crippen MR) is 85.7 cm³/mol. The van der Waals surface area contributed by atoms with E-state index in [1.807, 2.05) is 13.0 Å². The van der Waals surface area contributed by atoms with E-state index in [0.29, 0.717) is 13.2 Å². The molecule has 0 saturated heterocycles. The topological polar surface area (TPSA) is 81.7 Å². The Kier molecular flexibility index (Phi) is 6.15. The van der Waals surface area contributed by atoms with E-state index in [4.69, 9.17) is 9.47 Å². The van der Waals surface area contributed by atoms with E-state index in [0.717, 1.165) is 24.8 Å². The van der Waals surface area contributed by atoms with E-state index >= 15 is 0 Å². The number of carbonyl (C=O) groups is 1. The van der Waals surface area contributed by atoms with Crippen molar-refractivity contribution in [2.24, 2.45) is 0 Å². The molecule has 0 bridgehead atoms. The number of fused-ring (bicyclic) bond motifs is 1. The van der Waals surface area contributed by atoms with E-state index in [-0.39, 0.29) is 11.5 Å². The maximum absolute atomic E-state index is 12.3. The molecule has 0 heterocycles. The zero-order valence-electron chi connectivity index (χ0n) is 13.5. The smallest absolute Gasteiger partial charge is 0.264 e. The van der Waals surface area contributed by atoms with Crippen molar-refractivity contribution in [3.63, 3.8) is 0 Å². The minimum absolute atomic E-state index is 0.119. The minimum atomic E-state index is -3.87. The van der Waals surface area contributed by atoms with Crippen molar-refractivity contribution in [2.75, 3.05) is 19.8 Å². The zero-order valence-corrected chi connectivity index (χ0v) is 14.3. The summed E-state index contributed by atoms with van der Waals surface area (Å²) in [5, 5.41) is 0. The lowest BCUT2D eigenvalue weighted by atomic mass is 10.1. The van der Waals surface area contributed by atoms with Crippen LogP contribution in [0.15, 0.2) is 23.1 Å². The number of sulfonamides is 1. The fourth-order valence-corrected chi connectivity index (χ4v) is 3.59. The second-order valence-corrected chi connectivity index (χ2v) is 7.15. The molecule has 0 radical (unpaired) electrons. The molecular weight excluding hydrogens is 318 g/mol. The van der Waals surface area contributed by atoms with Crippen molar-refractivity contribution in [3.8, 4) is 0 Å². The molecule has 2 rings (SSSR count). The van der Waals surface area contributed by atoms with Crippen LogP contribution in [0.5, 0.6) is 0 Å². The third kappa shape index (κ3) is 4.76. The summed E-state index contributed by atoms with van der Waals surface area (Å²) in [4.78, 5) is 12.1. The molecule has 0 aromatic heterocycles. The highest BCUT2D eigenvalue weighted by Gasteiger charge is 2.23. The lowest BCUT2D eigenvalue weighted by Crippen LogP contribution is -2.39. The number of nitrogens with one attached hydrogen (secondary N) is 1. The monoisotopic (exact) mass is 341 g/mol. The molecule has 1 amide bonds. The molecule has 1 aromatic rings. The van der Waals surface area contributed by atoms with Gasteiger partial charge in [0, 0.05) is 6.61 Å². The molecule has 6 nitrogen and oxygen atoms in total. The summed E-state index contributed by atoms with van der Waals surface area (Å²) in [5.74, 6) is -0.679. The molecule has 0 spiro atoms. The van der Waals surface area contributed by atoms with Gasteiger partial charge in [0.05, 0.1) is 18.1 Å². The number of aryl methyl sites for hydroxylation is 2. The zero-order chi connectivity index (χ0) is 16.9. The van der Waals surface area contributed by atoms with E-state index in [1.165, 1.54) is 12.5 Å². The first-order chi connectivity index (χ1) is 10.9. The lowest BCUT2D eigenvalue weighted by molar-refractivity contribution is -0.130. The highest BCUT2D eigenvalue weighted by molar-refractivity contribution is 7.90. The average molecular weight is 341 g/mol. The Bertz CT molecular complexity index is 656. The van der Waals surface area contributed by atoms with Gasteiger partial charge in [-0.25, -0.2) is 13.1 Å². The van der Waals surface area contributed by atoms with Crippen LogP contribution >= 0.6 is 0 Å². The fraction of sp³-hybridized carbons (Fsp3) is 0.562. The molecule has 0 fully saturated rings. The van der Waals surface area contributed by atoms with Gasteiger partial charge >= 0.3 is 0 Å². The standard InChI is InChI=1S/C16H23NO5S/c1-3-21-9-10-22-12(2)16(18)17-23(19,20)15-8-7-13-5-4-6-14(13)11-15/h7-8,11-12H,3-6,9-10H2,1-2H3,(H,17,18)/t12-/m0/s1. The number of amides is 1. The van der Waals surface area contributed by atoms with Crippen LogP contribution in [0, 0.1) is 0 Å². The minimum Gasteiger partial charge on any atom is -0.379 e. The molecule has 7 heteroatoms. The van der Waals surface area contributed by atoms with Gasteiger partial charge in [-0.2, -0.15) is 0 Å². The number of hydrogen-bond acceptors (Lipinski definition) is 5. The molecule has 1 aromatic carbocycles. The van der Waals surface area contributed by atoms with E-state index in [1.54, 1.807) is 12.1 Å². The van der Waals surface area contributed by atoms with Crippen LogP contribution in [-0.4, -0.2) is 40.2 Å². The number of carbonyl (C=O) groups excluding carboxylic acids is 1. The van der Waals surface area contributed by atoms with Crippen LogP contribution in [0.25, 0.3) is 0 Å². The van der Waals surface area contributed by atoms with Gasteiger partial charge < -0.3 is 9.47 Å². The van der Waals surface area contributed by atoms with Crippen LogP contribution < -0.4 is 4.72 Å². The van der Waals surface area contributed by atoms with Gasteiger partial charge in [0.25, 0.3) is 15.9 Å². The summed E-state index contributed by atoms with van der Waals surface area (Å²) >= 11 is 0. The Morgan fingerprint density at radius 2 is 2.00 bits per heavy atom. The van der Waals surface area contributed by atoms with Gasteiger partial charge in [-0.3, -0.25) is 4.79 Å². The highest BCUT2D eigenvalue weighted by atomic mass is 32.2. The Hall–Kier alpha value is -1.44. The van der Waals surface area contributed by atoms with Gasteiger partial charge in [-0.1, -0.05) is 6.07 Å². The largest absolute Gasteiger partial charge is 0.379 e. The molecule has 1 N–H and O–H groups in total. The summed E-state index contributed by atoms with van der Waals surface area (Å²) in [7, 11) is -3.87. The second kappa shape index (κ2) is 7.90. The molecule has 0 aliphatic heterocycles. The van der Waals surface area contributed by atoms with Gasteiger partial charge in [0.15, 0.2) is 0 Å². The Morgan fingerprint density at radius 1 is 1.26 bits per heavy atom. The van der Waals surface area contributed by atoms with Crippen molar-refractivity contribution in [3.05, 3.63) is 29.3 Å². The lowest BCUT2D eigenvalue weighted by Gasteiger charge is -2.14. The van der Waals surface area contributed by atoms with Gasteiger partial charge in [-0.15, -0.1) is 0 Å². The van der Waals surface area contributed by atoms with Crippen molar-refractivity contribution >= 4 is 15.9 Å². The average Bonchev–Trinajstić information content (AvgIpc) is 2.98. The number of hydrogen-bond donors (Lipinski definition) is 1. The first kappa shape index (κ1) is 17.9. The Morgan fingerprint density at radius 3 is 2.74 bits per heavy atom. The third-order valence-corrected chi connectivity index (χ3v) is 5.13. The van der Waals surface area contributed by atoms with Gasteiger partial charge in [-0.05, 0) is 56.4 Å². The molecule has 128 valence electrons. The fourth-order valence-electron chi connectivity index (χ4n) is 2.49. The van der Waals surface area contributed by atoms with Crippen LogP contribution in [-0.2, 0) is 37.1 Å². The summed E-state index contributed by atoms with van der Waals surface area (Å²) in [6.45, 7) is 4.54. The predicted octanol–water partition coefficient (Wildman–Crippen LogP) is 1.42. The van der Waals surface area contributed by atoms with Crippen LogP contribution in [0.3, 0.4) is 0 Å². The van der Waals surface area contributed by atoms with Gasteiger partial charge in [0.2, 0.25) is 0 Å². The van der Waals surface area contributed by atoms with E-state index < -0.39 is 22.0 Å². The molecule has 1 aliphatic carbocycles. The maximum Gasteiger partial charge on any atom is 0.264 e. The molecule has 1 aliphatic rings.